The molecule has 33 heavy (non-hydrogen) atoms. The molecule has 1 aromatic heterocycles. The average molecular weight is 440 g/mol. The fourth-order valence-electron chi connectivity index (χ4n) is 3.98. The van der Waals surface area contributed by atoms with E-state index in [0.29, 0.717) is 30.3 Å². The van der Waals surface area contributed by atoms with Gasteiger partial charge in [-0.1, -0.05) is 55.5 Å². The van der Waals surface area contributed by atoms with Gasteiger partial charge in [0, 0.05) is 11.1 Å². The van der Waals surface area contributed by atoms with Gasteiger partial charge < -0.3 is 20.1 Å². The lowest BCUT2D eigenvalue weighted by atomic mass is 10.1. The lowest BCUT2D eigenvalue weighted by Crippen LogP contribution is -2.40. The van der Waals surface area contributed by atoms with E-state index in [2.05, 4.69) is 23.6 Å². The van der Waals surface area contributed by atoms with Gasteiger partial charge in [0.05, 0.1) is 17.6 Å². The van der Waals surface area contributed by atoms with E-state index in [4.69, 9.17) is 14.5 Å². The van der Waals surface area contributed by atoms with Gasteiger partial charge in [-0.15, -0.1) is 0 Å². The van der Waals surface area contributed by atoms with Crippen molar-refractivity contribution in [2.75, 3.05) is 18.5 Å². The summed E-state index contributed by atoms with van der Waals surface area (Å²) in [7, 11) is 0. The lowest BCUT2D eigenvalue weighted by molar-refractivity contribution is 0.0790. The summed E-state index contributed by atoms with van der Waals surface area (Å²) in [6, 6.07) is 25.1. The van der Waals surface area contributed by atoms with E-state index in [-0.39, 0.29) is 12.0 Å². The number of ether oxygens (including phenoxy) is 2. The molecule has 0 saturated carbocycles. The third kappa shape index (κ3) is 4.46. The molecule has 3 aromatic carbocycles. The van der Waals surface area contributed by atoms with Crippen LogP contribution in [0.1, 0.15) is 22.8 Å². The van der Waals surface area contributed by atoms with Crippen molar-refractivity contribution >= 4 is 28.3 Å². The number of carbonyl (C=O) groups excluding carboxylic acids is 1. The molecule has 6 heteroatoms. The SMILES string of the molecule is CCc1ccccc1Nc1cc(C(=O)NCC2COc3ccccc3O2)c2ccccc2n1. The van der Waals surface area contributed by atoms with Crippen LogP contribution >= 0.6 is 0 Å². The van der Waals surface area contributed by atoms with E-state index < -0.39 is 0 Å². The molecular formula is C27H25N3O3. The number of anilines is 2. The Morgan fingerprint density at radius 2 is 1.76 bits per heavy atom. The summed E-state index contributed by atoms with van der Waals surface area (Å²) in [6.07, 6.45) is 0.641. The summed E-state index contributed by atoms with van der Waals surface area (Å²) in [6.45, 7) is 2.84. The standard InChI is InChI=1S/C27H25N3O3/c1-2-18-9-3-5-11-22(18)29-26-15-21(20-10-4-6-12-23(20)30-26)27(31)28-16-19-17-32-24-13-7-8-14-25(24)33-19/h3-15,19H,2,16-17H2,1H3,(H,28,31)(H,29,30). The Kier molecular flexibility index (Phi) is 5.81. The molecule has 0 fully saturated rings. The Bertz CT molecular complexity index is 1300. The first-order valence-electron chi connectivity index (χ1n) is 11.1. The molecular weight excluding hydrogens is 414 g/mol. The molecule has 1 unspecified atom stereocenters. The Morgan fingerprint density at radius 3 is 2.64 bits per heavy atom. The number of rotatable bonds is 6. The van der Waals surface area contributed by atoms with Gasteiger partial charge in [0.25, 0.3) is 5.91 Å². The minimum absolute atomic E-state index is 0.178. The van der Waals surface area contributed by atoms with Gasteiger partial charge in [0.1, 0.15) is 18.5 Å². The molecule has 1 aliphatic heterocycles. The fourth-order valence-corrected chi connectivity index (χ4v) is 3.98. The number of hydrogen-bond donors (Lipinski definition) is 2. The highest BCUT2D eigenvalue weighted by Gasteiger charge is 2.22. The largest absolute Gasteiger partial charge is 0.486 e. The number of benzene rings is 3. The molecule has 6 nitrogen and oxygen atoms in total. The molecule has 0 bridgehead atoms. The highest BCUT2D eigenvalue weighted by molar-refractivity contribution is 6.07. The predicted molar refractivity (Wildman–Crippen MR) is 130 cm³/mol. The molecule has 0 saturated heterocycles. The number of para-hydroxylation sites is 4. The Morgan fingerprint density at radius 1 is 1.00 bits per heavy atom. The zero-order valence-corrected chi connectivity index (χ0v) is 18.4. The minimum Gasteiger partial charge on any atom is -0.486 e. The van der Waals surface area contributed by atoms with Crippen LogP contribution in [0, 0.1) is 0 Å². The van der Waals surface area contributed by atoms with E-state index in [9.17, 15) is 4.79 Å². The van der Waals surface area contributed by atoms with E-state index >= 15 is 0 Å². The molecule has 5 rings (SSSR count). The Labute approximate surface area is 192 Å². The molecule has 0 spiro atoms. The number of pyridine rings is 1. The third-order valence-corrected chi connectivity index (χ3v) is 5.68. The van der Waals surface area contributed by atoms with E-state index in [0.717, 1.165) is 28.8 Å². The van der Waals surface area contributed by atoms with Gasteiger partial charge in [-0.3, -0.25) is 4.79 Å². The Hall–Kier alpha value is -4.06. The molecule has 1 aliphatic rings. The van der Waals surface area contributed by atoms with E-state index in [1.807, 2.05) is 66.7 Å². The molecule has 166 valence electrons. The Balaban J connectivity index is 1.37. The number of nitrogens with zero attached hydrogens (tertiary/aromatic N) is 1. The summed E-state index contributed by atoms with van der Waals surface area (Å²) < 4.78 is 11.7. The quantitative estimate of drug-likeness (QED) is 0.437. The molecule has 1 amide bonds. The lowest BCUT2D eigenvalue weighted by Gasteiger charge is -2.26. The van der Waals surface area contributed by atoms with Gasteiger partial charge in [-0.2, -0.15) is 0 Å². The summed E-state index contributed by atoms with van der Waals surface area (Å²) in [4.78, 5) is 17.9. The van der Waals surface area contributed by atoms with Crippen molar-refractivity contribution in [1.82, 2.24) is 10.3 Å². The second-order valence-corrected chi connectivity index (χ2v) is 7.92. The second-order valence-electron chi connectivity index (χ2n) is 7.92. The number of aryl methyl sites for hydroxylation is 1. The van der Waals surface area contributed by atoms with Gasteiger partial charge in [0.15, 0.2) is 11.5 Å². The second kappa shape index (κ2) is 9.20. The van der Waals surface area contributed by atoms with Gasteiger partial charge >= 0.3 is 0 Å². The number of nitrogens with one attached hydrogen (secondary N) is 2. The zero-order valence-electron chi connectivity index (χ0n) is 18.4. The van der Waals surface area contributed by atoms with Crippen LogP contribution < -0.4 is 20.1 Å². The third-order valence-electron chi connectivity index (χ3n) is 5.68. The smallest absolute Gasteiger partial charge is 0.252 e. The first-order valence-corrected chi connectivity index (χ1v) is 11.1. The average Bonchev–Trinajstić information content (AvgIpc) is 2.87. The van der Waals surface area contributed by atoms with Crippen LogP contribution in [-0.4, -0.2) is 30.1 Å². The van der Waals surface area contributed by atoms with Crippen LogP contribution in [0.4, 0.5) is 11.5 Å². The van der Waals surface area contributed by atoms with Gasteiger partial charge in [-0.05, 0) is 42.3 Å². The van der Waals surface area contributed by atoms with Crippen LogP contribution in [0.25, 0.3) is 10.9 Å². The van der Waals surface area contributed by atoms with Gasteiger partial charge in [0.2, 0.25) is 0 Å². The first-order chi connectivity index (χ1) is 16.2. The number of hydrogen-bond acceptors (Lipinski definition) is 5. The van der Waals surface area contributed by atoms with E-state index in [1.165, 1.54) is 5.56 Å². The number of aromatic nitrogens is 1. The zero-order chi connectivity index (χ0) is 22.6. The van der Waals surface area contributed by atoms with Crippen molar-refractivity contribution in [3.05, 3.63) is 90.0 Å². The van der Waals surface area contributed by atoms with Crippen LogP contribution in [-0.2, 0) is 6.42 Å². The monoisotopic (exact) mass is 439 g/mol. The topological polar surface area (TPSA) is 72.5 Å². The van der Waals surface area contributed by atoms with Crippen molar-refractivity contribution < 1.29 is 14.3 Å². The number of amides is 1. The van der Waals surface area contributed by atoms with Gasteiger partial charge in [-0.25, -0.2) is 4.98 Å². The summed E-state index contributed by atoms with van der Waals surface area (Å²) in [5.41, 5.74) is 3.50. The molecule has 1 atom stereocenters. The molecule has 0 radical (unpaired) electrons. The van der Waals surface area contributed by atoms with Crippen molar-refractivity contribution in [2.24, 2.45) is 0 Å². The maximum Gasteiger partial charge on any atom is 0.252 e. The fraction of sp³-hybridized carbons (Fsp3) is 0.185. The van der Waals surface area contributed by atoms with Crippen LogP contribution in [0.3, 0.4) is 0 Å². The summed E-state index contributed by atoms with van der Waals surface area (Å²) in [5, 5.41) is 7.20. The predicted octanol–water partition coefficient (Wildman–Crippen LogP) is 5.11. The van der Waals surface area contributed by atoms with Crippen LogP contribution in [0.5, 0.6) is 11.5 Å². The highest BCUT2D eigenvalue weighted by Crippen LogP contribution is 2.31. The van der Waals surface area contributed by atoms with Crippen molar-refractivity contribution in [1.29, 1.82) is 0 Å². The van der Waals surface area contributed by atoms with Crippen molar-refractivity contribution in [3.8, 4) is 11.5 Å². The van der Waals surface area contributed by atoms with Crippen LogP contribution in [0.15, 0.2) is 78.9 Å². The van der Waals surface area contributed by atoms with Crippen LogP contribution in [0.2, 0.25) is 0 Å². The first kappa shape index (κ1) is 20.8. The maximum atomic E-state index is 13.2. The molecule has 2 heterocycles. The minimum atomic E-state index is -0.258. The van der Waals surface area contributed by atoms with Crippen molar-refractivity contribution in [3.63, 3.8) is 0 Å². The molecule has 4 aromatic rings. The summed E-state index contributed by atoms with van der Waals surface area (Å²) >= 11 is 0. The highest BCUT2D eigenvalue weighted by atomic mass is 16.6. The maximum absolute atomic E-state index is 13.2. The molecule has 2 N–H and O–H groups in total. The molecule has 0 aliphatic carbocycles. The van der Waals surface area contributed by atoms with Crippen molar-refractivity contribution in [2.45, 2.75) is 19.4 Å². The number of fused-ring (bicyclic) bond motifs is 2. The number of carbonyl (C=O) groups is 1. The normalized spacial score (nSPS) is 14.6. The van der Waals surface area contributed by atoms with E-state index in [1.54, 1.807) is 6.07 Å². The summed E-state index contributed by atoms with van der Waals surface area (Å²) in [5.74, 6) is 1.87.